The van der Waals surface area contributed by atoms with Crippen LogP contribution in [0.5, 0.6) is 0 Å². The van der Waals surface area contributed by atoms with Gasteiger partial charge in [0.05, 0.1) is 11.2 Å². The van der Waals surface area contributed by atoms with Crippen molar-refractivity contribution >= 4 is 11.3 Å². The molecule has 2 aromatic heterocycles. The molecule has 0 aliphatic rings. The molecule has 0 bridgehead atoms. The molecule has 0 saturated carbocycles. The zero-order chi connectivity index (χ0) is 11.4. The van der Waals surface area contributed by atoms with E-state index in [0.29, 0.717) is 0 Å². The SMILES string of the molecule is CCCNC(c1cscn1)c1ccc(C)o1. The van der Waals surface area contributed by atoms with Gasteiger partial charge in [0.25, 0.3) is 0 Å². The van der Waals surface area contributed by atoms with Crippen molar-refractivity contribution in [3.05, 3.63) is 40.2 Å². The molecule has 0 amide bonds. The summed E-state index contributed by atoms with van der Waals surface area (Å²) >= 11 is 1.61. The van der Waals surface area contributed by atoms with E-state index in [-0.39, 0.29) is 6.04 Å². The molecule has 1 unspecified atom stereocenters. The number of aryl methyl sites for hydroxylation is 1. The van der Waals surface area contributed by atoms with Gasteiger partial charge >= 0.3 is 0 Å². The largest absolute Gasteiger partial charge is 0.464 e. The Labute approximate surface area is 99.5 Å². The number of nitrogens with one attached hydrogen (secondary N) is 1. The third-order valence-corrected chi connectivity index (χ3v) is 3.00. The average Bonchev–Trinajstić information content (AvgIpc) is 2.91. The van der Waals surface area contributed by atoms with Gasteiger partial charge < -0.3 is 9.73 Å². The van der Waals surface area contributed by atoms with Gasteiger partial charge in [-0.15, -0.1) is 11.3 Å². The first kappa shape index (κ1) is 11.4. The number of thiazole rings is 1. The van der Waals surface area contributed by atoms with Crippen molar-refractivity contribution in [2.45, 2.75) is 26.3 Å². The molecule has 16 heavy (non-hydrogen) atoms. The second-order valence-corrected chi connectivity index (χ2v) is 4.47. The number of hydrogen-bond acceptors (Lipinski definition) is 4. The standard InChI is InChI=1S/C12H16N2OS/c1-3-6-13-12(10-7-16-8-14-10)11-5-4-9(2)15-11/h4-5,7-8,12-13H,3,6H2,1-2H3. The fourth-order valence-electron chi connectivity index (χ4n) is 1.61. The van der Waals surface area contributed by atoms with Crippen LogP contribution in [0.15, 0.2) is 27.4 Å². The maximum atomic E-state index is 5.67. The third kappa shape index (κ3) is 2.51. The van der Waals surface area contributed by atoms with Crippen molar-refractivity contribution in [3.63, 3.8) is 0 Å². The van der Waals surface area contributed by atoms with Crippen molar-refractivity contribution in [2.75, 3.05) is 6.54 Å². The summed E-state index contributed by atoms with van der Waals surface area (Å²) in [5.74, 6) is 1.88. The van der Waals surface area contributed by atoms with Gasteiger partial charge in [-0.25, -0.2) is 4.98 Å². The van der Waals surface area contributed by atoms with Crippen LogP contribution in [-0.4, -0.2) is 11.5 Å². The lowest BCUT2D eigenvalue weighted by molar-refractivity contribution is 0.427. The summed E-state index contributed by atoms with van der Waals surface area (Å²) in [5.41, 5.74) is 2.89. The van der Waals surface area contributed by atoms with E-state index in [9.17, 15) is 0 Å². The number of furan rings is 1. The summed E-state index contributed by atoms with van der Waals surface area (Å²) in [5, 5.41) is 5.51. The predicted molar refractivity (Wildman–Crippen MR) is 65.7 cm³/mol. The molecule has 0 aromatic carbocycles. The highest BCUT2D eigenvalue weighted by Crippen LogP contribution is 2.23. The van der Waals surface area contributed by atoms with Crippen LogP contribution in [0, 0.1) is 6.92 Å². The summed E-state index contributed by atoms with van der Waals surface area (Å²) in [6.07, 6.45) is 1.10. The lowest BCUT2D eigenvalue weighted by atomic mass is 10.1. The number of nitrogens with zero attached hydrogens (tertiary/aromatic N) is 1. The number of aromatic nitrogens is 1. The first-order valence-electron chi connectivity index (χ1n) is 5.49. The second kappa shape index (κ2) is 5.27. The molecule has 0 aliphatic heterocycles. The number of hydrogen-bond donors (Lipinski definition) is 1. The maximum absolute atomic E-state index is 5.67. The van der Waals surface area contributed by atoms with Crippen LogP contribution in [0.25, 0.3) is 0 Å². The molecule has 3 nitrogen and oxygen atoms in total. The van der Waals surface area contributed by atoms with E-state index in [1.54, 1.807) is 11.3 Å². The molecule has 86 valence electrons. The van der Waals surface area contributed by atoms with Crippen molar-refractivity contribution in [2.24, 2.45) is 0 Å². The van der Waals surface area contributed by atoms with Gasteiger partial charge in [0.15, 0.2) is 0 Å². The second-order valence-electron chi connectivity index (χ2n) is 3.75. The molecule has 0 aliphatic carbocycles. The maximum Gasteiger partial charge on any atom is 0.127 e. The van der Waals surface area contributed by atoms with Crippen LogP contribution in [0.4, 0.5) is 0 Å². The van der Waals surface area contributed by atoms with E-state index in [2.05, 4.69) is 22.6 Å². The van der Waals surface area contributed by atoms with E-state index >= 15 is 0 Å². The minimum atomic E-state index is 0.0832. The first-order chi connectivity index (χ1) is 7.81. The Kier molecular flexibility index (Phi) is 3.74. The molecule has 0 fully saturated rings. The number of rotatable bonds is 5. The van der Waals surface area contributed by atoms with Gasteiger partial charge in [-0.05, 0) is 32.0 Å². The minimum absolute atomic E-state index is 0.0832. The molecule has 0 saturated heterocycles. The van der Waals surface area contributed by atoms with Gasteiger partial charge in [0.1, 0.15) is 17.6 Å². The highest BCUT2D eigenvalue weighted by Gasteiger charge is 2.18. The van der Waals surface area contributed by atoms with Gasteiger partial charge in [-0.1, -0.05) is 6.92 Å². The third-order valence-electron chi connectivity index (χ3n) is 2.39. The lowest BCUT2D eigenvalue weighted by Crippen LogP contribution is -2.23. The Morgan fingerprint density at radius 3 is 2.94 bits per heavy atom. The summed E-state index contributed by atoms with van der Waals surface area (Å²) in [7, 11) is 0. The first-order valence-corrected chi connectivity index (χ1v) is 6.43. The lowest BCUT2D eigenvalue weighted by Gasteiger charge is -2.13. The summed E-state index contributed by atoms with van der Waals surface area (Å²) in [6.45, 7) is 5.07. The molecule has 0 spiro atoms. The Balaban J connectivity index is 2.21. The molecule has 2 rings (SSSR count). The molecule has 1 N–H and O–H groups in total. The van der Waals surface area contributed by atoms with Gasteiger partial charge in [0.2, 0.25) is 0 Å². The normalized spacial score (nSPS) is 12.9. The molecule has 2 heterocycles. The molecular weight excluding hydrogens is 220 g/mol. The average molecular weight is 236 g/mol. The fraction of sp³-hybridized carbons (Fsp3) is 0.417. The smallest absolute Gasteiger partial charge is 0.127 e. The fourth-order valence-corrected chi connectivity index (χ4v) is 2.19. The van der Waals surface area contributed by atoms with E-state index < -0.39 is 0 Å². The van der Waals surface area contributed by atoms with Crippen LogP contribution in [0.2, 0.25) is 0 Å². The van der Waals surface area contributed by atoms with Gasteiger partial charge in [0, 0.05) is 5.38 Å². The van der Waals surface area contributed by atoms with Crippen LogP contribution >= 0.6 is 11.3 Å². The van der Waals surface area contributed by atoms with Crippen molar-refractivity contribution in [3.8, 4) is 0 Å². The van der Waals surface area contributed by atoms with Crippen molar-refractivity contribution < 1.29 is 4.42 Å². The van der Waals surface area contributed by atoms with Crippen LogP contribution in [-0.2, 0) is 0 Å². The zero-order valence-electron chi connectivity index (χ0n) is 9.56. The molecule has 0 radical (unpaired) electrons. The monoisotopic (exact) mass is 236 g/mol. The molecular formula is C12H16N2OS. The Morgan fingerprint density at radius 2 is 2.38 bits per heavy atom. The molecule has 2 aromatic rings. The van der Waals surface area contributed by atoms with Crippen LogP contribution in [0.3, 0.4) is 0 Å². The van der Waals surface area contributed by atoms with E-state index in [0.717, 1.165) is 30.2 Å². The quantitative estimate of drug-likeness (QED) is 0.866. The molecule has 1 atom stereocenters. The Bertz CT molecular complexity index is 422. The topological polar surface area (TPSA) is 38.1 Å². The summed E-state index contributed by atoms with van der Waals surface area (Å²) in [4.78, 5) is 4.35. The minimum Gasteiger partial charge on any atom is -0.464 e. The highest BCUT2D eigenvalue weighted by molar-refractivity contribution is 7.07. The van der Waals surface area contributed by atoms with Gasteiger partial charge in [-0.3, -0.25) is 0 Å². The van der Waals surface area contributed by atoms with Crippen LogP contribution < -0.4 is 5.32 Å². The summed E-state index contributed by atoms with van der Waals surface area (Å²) < 4.78 is 5.67. The highest BCUT2D eigenvalue weighted by atomic mass is 32.1. The Morgan fingerprint density at radius 1 is 1.50 bits per heavy atom. The van der Waals surface area contributed by atoms with Crippen molar-refractivity contribution in [1.82, 2.24) is 10.3 Å². The van der Waals surface area contributed by atoms with E-state index in [1.807, 2.05) is 24.6 Å². The Hall–Kier alpha value is -1.13. The summed E-state index contributed by atoms with van der Waals surface area (Å²) in [6, 6.07) is 4.09. The molecule has 4 heteroatoms. The van der Waals surface area contributed by atoms with Crippen LogP contribution in [0.1, 0.15) is 36.6 Å². The predicted octanol–water partition coefficient (Wildman–Crippen LogP) is 3.13. The zero-order valence-corrected chi connectivity index (χ0v) is 10.4. The van der Waals surface area contributed by atoms with Crippen molar-refractivity contribution in [1.29, 1.82) is 0 Å². The van der Waals surface area contributed by atoms with E-state index in [4.69, 9.17) is 4.42 Å². The van der Waals surface area contributed by atoms with Gasteiger partial charge in [-0.2, -0.15) is 0 Å². The van der Waals surface area contributed by atoms with E-state index in [1.165, 1.54) is 0 Å².